The summed E-state index contributed by atoms with van der Waals surface area (Å²) in [7, 11) is 0. The van der Waals surface area contributed by atoms with E-state index in [0.29, 0.717) is 94.2 Å². The fraction of sp³-hybridized carbons (Fsp3) is 0.798. The van der Waals surface area contributed by atoms with Crippen LogP contribution in [-0.4, -0.2) is 105 Å². The molecule has 32 atom stereocenters. The largest absolute Gasteiger partial charge is 0.390 e. The monoisotopic (exact) mass is 1630 g/mol. The minimum atomic E-state index is -2.61. The first kappa shape index (κ1) is 84.4. The van der Waals surface area contributed by atoms with Gasteiger partial charge in [0.2, 0.25) is 0 Å². The first-order valence-corrected chi connectivity index (χ1v) is 47.6. The molecule has 4 aromatic heterocycles. The first-order valence-electron chi connectivity index (χ1n) is 47.2. The van der Waals surface area contributed by atoms with E-state index in [1.807, 2.05) is 31.2 Å². The number of aromatic nitrogens is 10. The van der Waals surface area contributed by atoms with Crippen LogP contribution in [0.2, 0.25) is 0 Å². The van der Waals surface area contributed by atoms with Gasteiger partial charge < -0.3 is 29.6 Å². The molecule has 0 aliphatic heterocycles. The Morgan fingerprint density at radius 3 is 1.10 bits per heavy atom. The van der Waals surface area contributed by atoms with E-state index in [4.69, 9.17) is 11.6 Å². The molecule has 16 fully saturated rings. The van der Waals surface area contributed by atoms with Crippen LogP contribution >= 0.6 is 11.6 Å². The van der Waals surface area contributed by atoms with E-state index in [-0.39, 0.29) is 12.3 Å². The molecule has 0 bridgehead atoms. The Morgan fingerprint density at radius 1 is 0.393 bits per heavy atom. The molecular weight excluding hydrogens is 1490 g/mol. The molecule has 0 unspecified atom stereocenters. The number of allylic oxidation sites excluding steroid dienone is 4. The number of imidazole rings is 2. The Balaban J connectivity index is 0.000000112. The predicted molar refractivity (Wildman–Crippen MR) is 455 cm³/mol. The van der Waals surface area contributed by atoms with Crippen LogP contribution in [0.25, 0.3) is 0 Å². The predicted octanol–water partition coefficient (Wildman–Crippen LogP) is 21.0. The van der Waals surface area contributed by atoms with Crippen LogP contribution in [0.3, 0.4) is 0 Å². The van der Waals surface area contributed by atoms with Crippen LogP contribution in [0.15, 0.2) is 111 Å². The van der Waals surface area contributed by atoms with Crippen molar-refractivity contribution in [3.8, 4) is 11.3 Å². The lowest BCUT2D eigenvalue weighted by atomic mass is 9.48. The Kier molecular flexibility index (Phi) is 24.0. The fourth-order valence-corrected chi connectivity index (χ4v) is 33.9. The summed E-state index contributed by atoms with van der Waals surface area (Å²) in [6.07, 6.45) is 56.6. The van der Waals surface area contributed by atoms with Gasteiger partial charge in [-0.1, -0.05) is 82.2 Å². The minimum absolute atomic E-state index is 0.279. The summed E-state index contributed by atoms with van der Waals surface area (Å²) in [5.41, 5.74) is 2.84. The molecule has 20 rings (SSSR count). The van der Waals surface area contributed by atoms with Gasteiger partial charge >= 0.3 is 0 Å². The van der Waals surface area contributed by atoms with E-state index in [2.05, 4.69) is 118 Å². The number of nitrogens with zero attached hydrogens (tertiary/aromatic N) is 10. The summed E-state index contributed by atoms with van der Waals surface area (Å²) in [6.45, 7) is 33.0. The van der Waals surface area contributed by atoms with Crippen molar-refractivity contribution in [2.75, 3.05) is 6.67 Å². The summed E-state index contributed by atoms with van der Waals surface area (Å²) in [4.78, 5) is 11.9. The highest BCUT2D eigenvalue weighted by Gasteiger charge is 2.64. The van der Waals surface area contributed by atoms with Crippen LogP contribution in [0.4, 0.5) is 13.2 Å². The average molecular weight is 1630 g/mol. The molecule has 117 heavy (non-hydrogen) atoms. The van der Waals surface area contributed by atoms with E-state index in [1.165, 1.54) is 170 Å². The zero-order chi connectivity index (χ0) is 81.8. The van der Waals surface area contributed by atoms with Crippen molar-refractivity contribution >= 4 is 11.6 Å². The molecule has 0 spiro atoms. The number of hydrogen-bond acceptors (Lipinski definition) is 10. The van der Waals surface area contributed by atoms with Crippen molar-refractivity contribution in [2.45, 2.75) is 321 Å². The summed E-state index contributed by atoms with van der Waals surface area (Å²) < 4.78 is 44.5. The normalized spacial score (nSPS) is 46.2. The number of hydrogen-bond donors (Lipinski definition) is 4. The molecule has 0 radical (unpaired) electrons. The lowest BCUT2D eigenvalue weighted by molar-refractivity contribution is -0.158. The Bertz CT molecular complexity index is 4160. The van der Waals surface area contributed by atoms with Gasteiger partial charge in [-0.2, -0.15) is 30.0 Å². The highest BCUT2D eigenvalue weighted by molar-refractivity contribution is 6.30. The van der Waals surface area contributed by atoms with Crippen LogP contribution < -0.4 is 0 Å². The van der Waals surface area contributed by atoms with Gasteiger partial charge in [-0.25, -0.2) is 23.1 Å². The van der Waals surface area contributed by atoms with E-state index < -0.39 is 35.5 Å². The number of alkyl halides is 3. The molecule has 0 aromatic carbocycles. The Hall–Kier alpha value is -4.86. The molecule has 4 N–H and O–H groups in total. The molecule has 16 aliphatic rings. The SMILES string of the molecule is C=C(Cn1ccnc1)[C@H]1CC[C@H]2[C@@H]3CC[C@H]4C[C@@](O)(C#CCl)CC[C@@H]4[C@H]3CC[C@]12C.C=C(Cn1ccnc1)[C@H]1CC[C@H]2[C@@H]3CC[C@H]4C[C@@](O)(C(F)F)CC[C@@H]4[C@H]3CC[C@]12C.C=C(Cn1nccn1)[C@H]1CC[C@H]2[C@@H]3CC[C@H]4C[C@@](O)(CF)CC[C@@H]4[C@H]3CC[C@]12C.C=C(Cn1nccn1)[C@H]1CC[C@H]2[C@@H]3CC[C@H]4C[C@](C)(O)CC[C@@H]4[C@H]3CC[C@]12C. The fourth-order valence-electron chi connectivity index (χ4n) is 33.7. The maximum absolute atomic E-state index is 13.4. The summed E-state index contributed by atoms with van der Waals surface area (Å²) in [6, 6.07) is 0. The van der Waals surface area contributed by atoms with Gasteiger partial charge in [-0.05, 0) is 413 Å². The molecule has 0 saturated heterocycles. The summed E-state index contributed by atoms with van der Waals surface area (Å²) in [5, 5.41) is 61.9. The van der Waals surface area contributed by atoms with Crippen LogP contribution in [-0.2, 0) is 26.2 Å². The van der Waals surface area contributed by atoms with Gasteiger partial charge in [0.05, 0.1) is 61.7 Å². The van der Waals surface area contributed by atoms with Crippen LogP contribution in [0.5, 0.6) is 0 Å². The molecule has 4 heterocycles. The van der Waals surface area contributed by atoms with Gasteiger partial charge in [-0.15, -0.1) is 0 Å². The molecule has 16 saturated carbocycles. The molecule has 16 aliphatic carbocycles. The van der Waals surface area contributed by atoms with E-state index in [1.54, 1.807) is 34.4 Å². The van der Waals surface area contributed by atoms with Gasteiger partial charge in [-0.3, -0.25) is 0 Å². The number of fused-ring (bicyclic) bond motifs is 20. The molecule has 642 valence electrons. The van der Waals surface area contributed by atoms with Crippen molar-refractivity contribution in [2.24, 2.45) is 164 Å². The van der Waals surface area contributed by atoms with E-state index >= 15 is 0 Å². The average Bonchev–Trinajstić information content (AvgIpc) is 1.66. The van der Waals surface area contributed by atoms with Gasteiger partial charge in [0.1, 0.15) is 17.9 Å². The highest BCUT2D eigenvalue weighted by atomic mass is 35.5. The number of aliphatic hydroxyl groups is 4. The molecular formula is C99H144ClF3N10O4. The van der Waals surface area contributed by atoms with Crippen molar-refractivity contribution in [1.82, 2.24) is 49.1 Å². The Morgan fingerprint density at radius 2 is 0.735 bits per heavy atom. The lowest BCUT2D eigenvalue weighted by Gasteiger charge is -2.57. The van der Waals surface area contributed by atoms with Crippen molar-refractivity contribution in [3.63, 3.8) is 0 Å². The zero-order valence-corrected chi connectivity index (χ0v) is 72.6. The third-order valence-electron chi connectivity index (χ3n) is 38.8. The van der Waals surface area contributed by atoms with Crippen LogP contribution in [0.1, 0.15) is 266 Å². The summed E-state index contributed by atoms with van der Waals surface area (Å²) in [5.74, 6) is 20.2. The minimum Gasteiger partial charge on any atom is -0.390 e. The topological polar surface area (TPSA) is 178 Å². The maximum Gasteiger partial charge on any atom is 0.266 e. The molecule has 0 amide bonds. The third kappa shape index (κ3) is 15.9. The second kappa shape index (κ2) is 33.3. The molecule has 18 heteroatoms. The first-order chi connectivity index (χ1) is 56.1. The quantitative estimate of drug-likeness (QED) is 0.0702. The van der Waals surface area contributed by atoms with Crippen molar-refractivity contribution < 1.29 is 33.6 Å². The lowest BCUT2D eigenvalue weighted by Crippen LogP contribution is -2.52. The van der Waals surface area contributed by atoms with Crippen molar-refractivity contribution in [3.05, 3.63) is 111 Å². The second-order valence-electron chi connectivity index (χ2n) is 44.1. The maximum atomic E-state index is 13.4. The van der Waals surface area contributed by atoms with E-state index in [9.17, 15) is 33.6 Å². The smallest absolute Gasteiger partial charge is 0.266 e. The Labute approximate surface area is 703 Å². The van der Waals surface area contributed by atoms with Crippen LogP contribution in [0, 0.1) is 175 Å². The standard InChI is InChI=1S/C26H35ClN2O.C25H36F2N2O.C24H36FN3O.C24H37N3O/c1-18(16-29-14-13-28-17-29)23-5-6-24-22-4-3-19-15-26(30,11-12-27)10-8-20(19)21(22)7-9-25(23,24)2;1-16(14-29-12-11-28-15-29)21-5-6-22-20-4-3-17-13-25(30,23(26)27)10-8-18(17)19(20)7-9-24(21,22)2;1-16(14-28-26-11-12-27-28)21-5-6-22-20-4-3-17-13-24(29,15-25)10-8-18(17)19(20)7-9-23(21,22)2;1-16(15-27-25-12-13-26-27)21-6-7-22-20-5-4-17-14-23(2,28)10-8-18(17)19(20)9-11-24(21,22)3/h13-14,17,19-24,30H,1,3-10,15-16H2,2H3;11-12,15,17-23,30H,1,3-10,13-14H2,2H3;11-12,17-22,29H,1,3-10,13-15H2,2H3;12-13,17-22,28H,1,4-11,14-15H2,2-3H3/t19-,20-,21+,22+,23+,24-,25+,26-;17-,18-,19+,20+,21+,22-,24+,25+;2*17-,18-,19+,20+,21+,22-,23+,24+/m0000/s1. The zero-order valence-electron chi connectivity index (χ0n) is 71.8. The van der Waals surface area contributed by atoms with Gasteiger partial charge in [0.25, 0.3) is 6.43 Å². The van der Waals surface area contributed by atoms with Crippen molar-refractivity contribution in [1.29, 1.82) is 0 Å². The summed E-state index contributed by atoms with van der Waals surface area (Å²) >= 11 is 5.64. The van der Waals surface area contributed by atoms with Gasteiger partial charge in [0.15, 0.2) is 0 Å². The molecule has 4 aromatic rings. The molecule has 14 nitrogen and oxygen atoms in total. The third-order valence-corrected chi connectivity index (χ3v) is 38.9. The second-order valence-corrected chi connectivity index (χ2v) is 44.3. The van der Waals surface area contributed by atoms with Gasteiger partial charge in [0, 0.05) is 43.3 Å². The highest BCUT2D eigenvalue weighted by Crippen LogP contribution is 2.71. The number of halogens is 4. The van der Waals surface area contributed by atoms with E-state index in [0.717, 1.165) is 167 Å². The number of rotatable bonds is 14.